The predicted molar refractivity (Wildman–Crippen MR) is 132 cm³/mol. The zero-order valence-electron chi connectivity index (χ0n) is 20.6. The van der Waals surface area contributed by atoms with Gasteiger partial charge in [0.1, 0.15) is 0 Å². The second kappa shape index (κ2) is 11.0. The molecule has 4 rings (SSSR count). The Bertz CT molecular complexity index is 884. The number of fused-ring (bicyclic) bond motifs is 1. The van der Waals surface area contributed by atoms with Crippen LogP contribution in [0.5, 0.6) is 0 Å². The van der Waals surface area contributed by atoms with E-state index in [-0.39, 0.29) is 5.92 Å². The molecule has 0 radical (unpaired) electrons. The molecule has 0 amide bonds. The fourth-order valence-electron chi connectivity index (χ4n) is 5.83. The summed E-state index contributed by atoms with van der Waals surface area (Å²) in [5.41, 5.74) is 10.0. The molecule has 0 aliphatic heterocycles. The number of rotatable bonds is 5. The fraction of sp³-hybridized carbons (Fsp3) is 0.586. The van der Waals surface area contributed by atoms with Crippen LogP contribution in [0.15, 0.2) is 30.3 Å². The van der Waals surface area contributed by atoms with Crippen LogP contribution in [0.3, 0.4) is 0 Å². The Morgan fingerprint density at radius 3 is 2.28 bits per heavy atom. The summed E-state index contributed by atoms with van der Waals surface area (Å²) in [6.45, 7) is 8.93. The zero-order valence-corrected chi connectivity index (χ0v) is 20.6. The molecule has 1 saturated carbocycles. The molecule has 32 heavy (non-hydrogen) atoms. The van der Waals surface area contributed by atoms with Gasteiger partial charge in [-0.1, -0.05) is 56.7 Å². The molecule has 0 aromatic heterocycles. The van der Waals surface area contributed by atoms with Crippen LogP contribution >= 0.6 is 0 Å². The Labute approximate surface area is 194 Å². The summed E-state index contributed by atoms with van der Waals surface area (Å²) in [4.78, 5) is 0. The average Bonchev–Trinajstić information content (AvgIpc) is 3.25. The van der Waals surface area contributed by atoms with Gasteiger partial charge in [0.2, 0.25) is 0 Å². The molecule has 176 valence electrons. The number of benzene rings is 2. The number of aryl methyl sites for hydroxylation is 1. The summed E-state index contributed by atoms with van der Waals surface area (Å²) in [5, 5.41) is 28.5. The number of hydrogen-bond donors (Lipinski definition) is 3. The SMILES string of the molecule is CO.Cc1ccc(Cc2cc(C3CC(C)CC(O)C3O)c(CC(C)C)c3c2CCC3)cc1. The maximum atomic E-state index is 11.0. The summed E-state index contributed by atoms with van der Waals surface area (Å²) in [5.74, 6) is 1.06. The molecule has 0 bridgehead atoms. The lowest BCUT2D eigenvalue weighted by Crippen LogP contribution is -2.39. The molecule has 3 N–H and O–H groups in total. The summed E-state index contributed by atoms with van der Waals surface area (Å²) >= 11 is 0. The molecule has 4 atom stereocenters. The Morgan fingerprint density at radius 2 is 1.62 bits per heavy atom. The molecule has 2 aliphatic carbocycles. The minimum Gasteiger partial charge on any atom is -0.400 e. The molecule has 3 nitrogen and oxygen atoms in total. The molecule has 1 fully saturated rings. The van der Waals surface area contributed by atoms with Gasteiger partial charge in [0, 0.05) is 13.0 Å². The number of aliphatic hydroxyl groups is 3. The van der Waals surface area contributed by atoms with Gasteiger partial charge in [-0.25, -0.2) is 0 Å². The van der Waals surface area contributed by atoms with Crippen molar-refractivity contribution in [1.82, 2.24) is 0 Å². The van der Waals surface area contributed by atoms with Crippen molar-refractivity contribution in [3.05, 3.63) is 69.3 Å². The minimum atomic E-state index is -0.654. The first-order valence-corrected chi connectivity index (χ1v) is 12.4. The second-order valence-electron chi connectivity index (χ2n) is 10.4. The van der Waals surface area contributed by atoms with Gasteiger partial charge >= 0.3 is 0 Å². The second-order valence-corrected chi connectivity index (χ2v) is 10.4. The van der Waals surface area contributed by atoms with E-state index in [1.165, 1.54) is 40.7 Å². The lowest BCUT2D eigenvalue weighted by atomic mass is 9.72. The largest absolute Gasteiger partial charge is 0.400 e. The fourth-order valence-corrected chi connectivity index (χ4v) is 5.83. The Hall–Kier alpha value is -1.68. The van der Waals surface area contributed by atoms with Gasteiger partial charge in [-0.05, 0) is 97.1 Å². The molecule has 2 aromatic carbocycles. The molecule has 4 unspecified atom stereocenters. The van der Waals surface area contributed by atoms with Crippen molar-refractivity contribution in [3.63, 3.8) is 0 Å². The van der Waals surface area contributed by atoms with E-state index >= 15 is 0 Å². The first kappa shape index (κ1) is 25.0. The van der Waals surface area contributed by atoms with Crippen LogP contribution in [-0.4, -0.2) is 34.6 Å². The van der Waals surface area contributed by atoms with E-state index in [2.05, 4.69) is 58.0 Å². The summed E-state index contributed by atoms with van der Waals surface area (Å²) in [6.07, 6.45) is 6.00. The van der Waals surface area contributed by atoms with Gasteiger partial charge in [-0.15, -0.1) is 0 Å². The van der Waals surface area contributed by atoms with Crippen LogP contribution in [0.25, 0.3) is 0 Å². The van der Waals surface area contributed by atoms with Crippen molar-refractivity contribution in [2.45, 2.75) is 90.8 Å². The first-order valence-electron chi connectivity index (χ1n) is 12.4. The van der Waals surface area contributed by atoms with Gasteiger partial charge in [-0.3, -0.25) is 0 Å². The maximum absolute atomic E-state index is 11.0. The van der Waals surface area contributed by atoms with Crippen molar-refractivity contribution in [1.29, 1.82) is 0 Å². The van der Waals surface area contributed by atoms with Crippen molar-refractivity contribution < 1.29 is 15.3 Å². The summed E-state index contributed by atoms with van der Waals surface area (Å²) in [7, 11) is 1.00. The monoisotopic (exact) mass is 438 g/mol. The standard InChI is InChI=1S/C28H38O2.CH4O/c1-17(2)12-24-23-7-5-6-22(23)21(15-20-10-8-18(3)9-11-20)16-25(24)26-13-19(4)14-27(29)28(26)30;1-2/h8-11,16-17,19,26-30H,5-7,12-15H2,1-4H3;2H,1H3. The highest BCUT2D eigenvalue weighted by atomic mass is 16.3. The van der Waals surface area contributed by atoms with Crippen LogP contribution in [0.4, 0.5) is 0 Å². The van der Waals surface area contributed by atoms with Crippen LogP contribution in [0.1, 0.15) is 84.9 Å². The highest BCUT2D eigenvalue weighted by Gasteiger charge is 2.37. The summed E-state index contributed by atoms with van der Waals surface area (Å²) < 4.78 is 0. The average molecular weight is 439 g/mol. The molecule has 0 spiro atoms. The molecule has 3 heteroatoms. The van der Waals surface area contributed by atoms with Crippen molar-refractivity contribution in [3.8, 4) is 0 Å². The molecule has 2 aliphatic rings. The van der Waals surface area contributed by atoms with E-state index in [0.29, 0.717) is 18.3 Å². The highest BCUT2D eigenvalue weighted by Crippen LogP contribution is 2.43. The van der Waals surface area contributed by atoms with Gasteiger partial charge in [-0.2, -0.15) is 0 Å². The van der Waals surface area contributed by atoms with Gasteiger partial charge in [0.25, 0.3) is 0 Å². The van der Waals surface area contributed by atoms with Crippen molar-refractivity contribution in [2.75, 3.05) is 7.11 Å². The minimum absolute atomic E-state index is 0.0418. The topological polar surface area (TPSA) is 60.7 Å². The van der Waals surface area contributed by atoms with Crippen LogP contribution in [0.2, 0.25) is 0 Å². The Balaban J connectivity index is 0.00000141. The third kappa shape index (κ3) is 5.44. The van der Waals surface area contributed by atoms with Gasteiger partial charge < -0.3 is 15.3 Å². The van der Waals surface area contributed by atoms with E-state index < -0.39 is 12.2 Å². The lowest BCUT2D eigenvalue weighted by molar-refractivity contribution is -0.0371. The maximum Gasteiger partial charge on any atom is 0.0867 e. The van der Waals surface area contributed by atoms with Crippen LogP contribution < -0.4 is 0 Å². The molecule has 0 heterocycles. The number of hydrogen-bond acceptors (Lipinski definition) is 3. The zero-order chi connectivity index (χ0) is 23.4. The molecule has 0 saturated heterocycles. The van der Waals surface area contributed by atoms with Crippen LogP contribution in [0, 0.1) is 18.8 Å². The van der Waals surface area contributed by atoms with E-state index in [1.807, 2.05) is 0 Å². The third-order valence-corrected chi connectivity index (χ3v) is 7.28. The lowest BCUT2D eigenvalue weighted by Gasteiger charge is -2.37. The quantitative estimate of drug-likeness (QED) is 0.607. The van der Waals surface area contributed by atoms with E-state index in [9.17, 15) is 10.2 Å². The molecular weight excluding hydrogens is 396 g/mol. The third-order valence-electron chi connectivity index (χ3n) is 7.28. The molecule has 2 aromatic rings. The van der Waals surface area contributed by atoms with Crippen molar-refractivity contribution >= 4 is 0 Å². The van der Waals surface area contributed by atoms with Gasteiger partial charge in [0.05, 0.1) is 12.2 Å². The molecular formula is C29H42O3. The van der Waals surface area contributed by atoms with E-state index in [0.717, 1.165) is 32.8 Å². The Morgan fingerprint density at radius 1 is 0.969 bits per heavy atom. The van der Waals surface area contributed by atoms with Crippen LogP contribution in [-0.2, 0) is 25.7 Å². The van der Waals surface area contributed by atoms with E-state index in [1.54, 1.807) is 11.1 Å². The predicted octanol–water partition coefficient (Wildman–Crippen LogP) is 5.12. The highest BCUT2D eigenvalue weighted by molar-refractivity contribution is 5.52. The van der Waals surface area contributed by atoms with E-state index in [4.69, 9.17) is 5.11 Å². The van der Waals surface area contributed by atoms with Gasteiger partial charge in [0.15, 0.2) is 0 Å². The normalized spacial score (nSPS) is 24.8. The number of aliphatic hydroxyl groups excluding tert-OH is 3. The summed E-state index contributed by atoms with van der Waals surface area (Å²) in [6, 6.07) is 11.3. The first-order chi connectivity index (χ1) is 15.3. The van der Waals surface area contributed by atoms with Crippen molar-refractivity contribution in [2.24, 2.45) is 11.8 Å². The smallest absolute Gasteiger partial charge is 0.0867 e. The Kier molecular flexibility index (Phi) is 8.55.